The molecule has 0 aromatic rings. The van der Waals surface area contributed by atoms with Crippen molar-refractivity contribution in [1.82, 2.24) is 0 Å². The average Bonchev–Trinajstić information content (AvgIpc) is 3.44. The van der Waals surface area contributed by atoms with Gasteiger partial charge in [-0.2, -0.15) is 0 Å². The smallest absolute Gasteiger partial charge is 0.306 e. The van der Waals surface area contributed by atoms with Gasteiger partial charge in [0.15, 0.2) is 6.10 Å². The Kier molecular flexibility index (Phi) is 61.8. The number of ether oxygens (including phenoxy) is 3. The van der Waals surface area contributed by atoms with Crippen LogP contribution in [0.4, 0.5) is 0 Å². The second-order valence-electron chi connectivity index (χ2n) is 21.3. The molecule has 0 bridgehead atoms. The molecule has 0 saturated carbocycles. The third-order valence-electron chi connectivity index (χ3n) is 13.7. The molecule has 0 aliphatic carbocycles. The summed E-state index contributed by atoms with van der Waals surface area (Å²) < 4.78 is 16.9. The van der Waals surface area contributed by atoms with Gasteiger partial charge in [-0.15, -0.1) is 0 Å². The van der Waals surface area contributed by atoms with Gasteiger partial charge in [-0.05, 0) is 128 Å². The minimum atomic E-state index is -0.794. The average molecular weight is 1080 g/mol. The molecular formula is C72H120O6. The predicted molar refractivity (Wildman–Crippen MR) is 339 cm³/mol. The maximum Gasteiger partial charge on any atom is 0.306 e. The number of esters is 3. The number of rotatable bonds is 58. The van der Waals surface area contributed by atoms with Crippen LogP contribution in [0.2, 0.25) is 0 Å². The van der Waals surface area contributed by atoms with Crippen LogP contribution in [0, 0.1) is 0 Å². The fourth-order valence-corrected chi connectivity index (χ4v) is 8.87. The Hall–Kier alpha value is -4.19. The van der Waals surface area contributed by atoms with E-state index in [1.807, 2.05) is 0 Å². The fourth-order valence-electron chi connectivity index (χ4n) is 8.87. The molecule has 0 aromatic carbocycles. The topological polar surface area (TPSA) is 78.9 Å². The van der Waals surface area contributed by atoms with Gasteiger partial charge in [-0.3, -0.25) is 14.4 Å². The van der Waals surface area contributed by atoms with Crippen molar-refractivity contribution >= 4 is 17.9 Å². The zero-order chi connectivity index (χ0) is 56.4. The standard InChI is InChI=1S/C72H120O6/c1-4-7-10-13-16-19-22-25-28-29-30-31-32-33-34-35-36-37-38-39-40-41-42-43-45-47-50-53-56-59-62-65-71(74)77-68-69(67-76-70(73)64-61-58-55-52-49-46-27-24-21-18-15-12-9-6-3)78-72(75)66-63-60-57-54-51-48-44-26-23-20-17-14-11-8-5-2/h7-8,10-11,16-17,19-20,24-28,30-31,33-34,36-37,44,69H,4-6,9,12-15,18,21-23,29,32,35,38-43,45-68H2,1-3H3/b10-7-,11-8-,19-16-,20-17-,27-24-,28-25-,31-30-,34-33-,37-36-,44-26-. The highest BCUT2D eigenvalue weighted by molar-refractivity contribution is 5.71. The summed E-state index contributed by atoms with van der Waals surface area (Å²) in [7, 11) is 0. The van der Waals surface area contributed by atoms with Gasteiger partial charge in [0.1, 0.15) is 13.2 Å². The number of carbonyl (C=O) groups excluding carboxylic acids is 3. The van der Waals surface area contributed by atoms with E-state index in [0.29, 0.717) is 19.3 Å². The van der Waals surface area contributed by atoms with Gasteiger partial charge in [0.25, 0.3) is 0 Å². The first-order valence-electron chi connectivity index (χ1n) is 32.5. The maximum atomic E-state index is 12.9. The summed E-state index contributed by atoms with van der Waals surface area (Å²) in [6.07, 6.45) is 90.7. The lowest BCUT2D eigenvalue weighted by Gasteiger charge is -2.18. The van der Waals surface area contributed by atoms with Crippen LogP contribution in [0.25, 0.3) is 0 Å². The number of hydrogen-bond donors (Lipinski definition) is 0. The first kappa shape index (κ1) is 73.8. The van der Waals surface area contributed by atoms with E-state index in [1.54, 1.807) is 0 Å². The van der Waals surface area contributed by atoms with Crippen molar-refractivity contribution in [2.75, 3.05) is 13.2 Å². The number of hydrogen-bond acceptors (Lipinski definition) is 6. The first-order chi connectivity index (χ1) is 38.5. The molecule has 0 N–H and O–H groups in total. The lowest BCUT2D eigenvalue weighted by Crippen LogP contribution is -2.30. The Morgan fingerprint density at radius 3 is 0.795 bits per heavy atom. The minimum Gasteiger partial charge on any atom is -0.462 e. The molecule has 0 amide bonds. The van der Waals surface area contributed by atoms with E-state index in [-0.39, 0.29) is 31.1 Å². The third kappa shape index (κ3) is 62.7. The Morgan fingerprint density at radius 1 is 0.269 bits per heavy atom. The first-order valence-corrected chi connectivity index (χ1v) is 32.5. The Bertz CT molecular complexity index is 1620. The van der Waals surface area contributed by atoms with Gasteiger partial charge >= 0.3 is 17.9 Å². The van der Waals surface area contributed by atoms with Gasteiger partial charge in [0, 0.05) is 19.3 Å². The van der Waals surface area contributed by atoms with E-state index in [0.717, 1.165) is 141 Å². The summed E-state index contributed by atoms with van der Waals surface area (Å²) in [6, 6.07) is 0. The minimum absolute atomic E-state index is 0.0894. The highest BCUT2D eigenvalue weighted by Crippen LogP contribution is 2.16. The van der Waals surface area contributed by atoms with Crippen LogP contribution < -0.4 is 0 Å². The molecule has 6 nitrogen and oxygen atoms in total. The van der Waals surface area contributed by atoms with Crippen LogP contribution >= 0.6 is 0 Å². The molecule has 0 spiro atoms. The maximum absolute atomic E-state index is 12.9. The highest BCUT2D eigenvalue weighted by atomic mass is 16.6. The fraction of sp³-hybridized carbons (Fsp3) is 0.681. The molecule has 78 heavy (non-hydrogen) atoms. The molecule has 0 heterocycles. The normalized spacial score (nSPS) is 12.9. The molecule has 0 aliphatic heterocycles. The van der Waals surface area contributed by atoms with Gasteiger partial charge in [0.2, 0.25) is 0 Å². The SMILES string of the molecule is CC/C=C\C/C=C\C/C=C\C/C=C\C/C=C\C/C=C\CCCCCCCCCCCCCCC(=O)OCC(COC(=O)CCCCCCC/C=C\CCCCCCC)OC(=O)CCCCCCC/C=C\C/C=C\C/C=C\CC. The van der Waals surface area contributed by atoms with E-state index in [1.165, 1.54) is 116 Å². The van der Waals surface area contributed by atoms with Crippen LogP contribution in [-0.4, -0.2) is 37.2 Å². The third-order valence-corrected chi connectivity index (χ3v) is 13.7. The highest BCUT2D eigenvalue weighted by Gasteiger charge is 2.19. The van der Waals surface area contributed by atoms with Crippen LogP contribution in [0.3, 0.4) is 0 Å². The second-order valence-corrected chi connectivity index (χ2v) is 21.3. The Balaban J connectivity index is 4.26. The van der Waals surface area contributed by atoms with Crippen molar-refractivity contribution in [1.29, 1.82) is 0 Å². The van der Waals surface area contributed by atoms with Crippen molar-refractivity contribution in [2.45, 2.75) is 303 Å². The number of allylic oxidation sites excluding steroid dienone is 20. The van der Waals surface area contributed by atoms with Crippen LogP contribution in [0.5, 0.6) is 0 Å². The molecule has 0 rings (SSSR count). The Labute approximate surface area is 482 Å². The molecule has 0 aliphatic rings. The van der Waals surface area contributed by atoms with Crippen molar-refractivity contribution in [3.05, 3.63) is 122 Å². The molecule has 444 valence electrons. The van der Waals surface area contributed by atoms with E-state index in [9.17, 15) is 14.4 Å². The van der Waals surface area contributed by atoms with Gasteiger partial charge in [-0.1, -0.05) is 271 Å². The Morgan fingerprint density at radius 2 is 0.500 bits per heavy atom. The van der Waals surface area contributed by atoms with E-state index in [2.05, 4.69) is 142 Å². The zero-order valence-electron chi connectivity index (χ0n) is 50.9. The van der Waals surface area contributed by atoms with Crippen molar-refractivity contribution in [3.8, 4) is 0 Å². The van der Waals surface area contributed by atoms with E-state index < -0.39 is 6.10 Å². The summed E-state index contributed by atoms with van der Waals surface area (Å²) in [5, 5.41) is 0. The van der Waals surface area contributed by atoms with Gasteiger partial charge in [0.05, 0.1) is 0 Å². The monoisotopic (exact) mass is 1080 g/mol. The molecule has 0 saturated heterocycles. The lowest BCUT2D eigenvalue weighted by molar-refractivity contribution is -0.167. The predicted octanol–water partition coefficient (Wildman–Crippen LogP) is 22.4. The molecular weight excluding hydrogens is 961 g/mol. The van der Waals surface area contributed by atoms with Gasteiger partial charge in [-0.25, -0.2) is 0 Å². The van der Waals surface area contributed by atoms with E-state index in [4.69, 9.17) is 14.2 Å². The molecule has 1 atom stereocenters. The molecule has 1 unspecified atom stereocenters. The molecule has 0 radical (unpaired) electrons. The molecule has 0 fully saturated rings. The van der Waals surface area contributed by atoms with Crippen LogP contribution in [-0.2, 0) is 28.6 Å². The number of unbranched alkanes of at least 4 members (excludes halogenated alkanes) is 27. The summed E-state index contributed by atoms with van der Waals surface area (Å²) in [5.41, 5.74) is 0. The summed E-state index contributed by atoms with van der Waals surface area (Å²) in [4.78, 5) is 38.3. The van der Waals surface area contributed by atoms with Crippen molar-refractivity contribution in [3.63, 3.8) is 0 Å². The van der Waals surface area contributed by atoms with Crippen molar-refractivity contribution in [2.24, 2.45) is 0 Å². The largest absolute Gasteiger partial charge is 0.462 e. The summed E-state index contributed by atoms with van der Waals surface area (Å²) in [5.74, 6) is -0.912. The zero-order valence-corrected chi connectivity index (χ0v) is 50.9. The van der Waals surface area contributed by atoms with Crippen LogP contribution in [0.15, 0.2) is 122 Å². The van der Waals surface area contributed by atoms with Gasteiger partial charge < -0.3 is 14.2 Å². The van der Waals surface area contributed by atoms with Crippen molar-refractivity contribution < 1.29 is 28.6 Å². The molecule has 0 aromatic heterocycles. The van der Waals surface area contributed by atoms with E-state index >= 15 is 0 Å². The second kappa shape index (κ2) is 65.3. The molecule has 6 heteroatoms. The quantitative estimate of drug-likeness (QED) is 0.0261. The lowest BCUT2D eigenvalue weighted by atomic mass is 10.0. The number of carbonyl (C=O) groups is 3. The summed E-state index contributed by atoms with van der Waals surface area (Å²) in [6.45, 7) is 6.40. The van der Waals surface area contributed by atoms with Crippen LogP contribution in [0.1, 0.15) is 297 Å². The summed E-state index contributed by atoms with van der Waals surface area (Å²) >= 11 is 0.